The molecule has 0 heterocycles. The van der Waals surface area contributed by atoms with E-state index in [9.17, 15) is 8.42 Å². The first-order valence-corrected chi connectivity index (χ1v) is 7.04. The fourth-order valence-electron chi connectivity index (χ4n) is 1.43. The van der Waals surface area contributed by atoms with E-state index in [0.717, 1.165) is 25.7 Å². The van der Waals surface area contributed by atoms with Gasteiger partial charge >= 0.3 is 0 Å². The predicted molar refractivity (Wildman–Crippen MR) is 55.6 cm³/mol. The molecule has 1 saturated carbocycles. The fourth-order valence-corrected chi connectivity index (χ4v) is 2.62. The quantitative estimate of drug-likeness (QED) is 0.565. The molecule has 0 unspecified atom stereocenters. The van der Waals surface area contributed by atoms with Crippen LogP contribution in [0, 0.1) is 0 Å². The summed E-state index contributed by atoms with van der Waals surface area (Å²) in [6.07, 6.45) is 4.63. The van der Waals surface area contributed by atoms with Gasteiger partial charge in [-0.2, -0.15) is 0 Å². The molecule has 0 saturated heterocycles. The minimum absolute atomic E-state index is 0.0310. The van der Waals surface area contributed by atoms with Gasteiger partial charge in [-0.3, -0.25) is 4.84 Å². The van der Waals surface area contributed by atoms with Gasteiger partial charge < -0.3 is 0 Å². The van der Waals surface area contributed by atoms with Crippen molar-refractivity contribution in [3.05, 3.63) is 0 Å². The molecular formula is C8H16ClNO3S. The van der Waals surface area contributed by atoms with Crippen molar-refractivity contribution < 1.29 is 13.3 Å². The summed E-state index contributed by atoms with van der Waals surface area (Å²) in [6, 6.07) is 0. The normalized spacial score (nSPS) is 18.9. The Labute approximate surface area is 90.0 Å². The van der Waals surface area contributed by atoms with Gasteiger partial charge in [-0.05, 0) is 19.3 Å². The van der Waals surface area contributed by atoms with Gasteiger partial charge in [0.2, 0.25) is 10.0 Å². The monoisotopic (exact) mass is 241 g/mol. The summed E-state index contributed by atoms with van der Waals surface area (Å²) in [4.78, 5) is 7.23. The van der Waals surface area contributed by atoms with Gasteiger partial charge in [0.25, 0.3) is 0 Å². The number of sulfonamides is 1. The Morgan fingerprint density at radius 1 is 1.36 bits per heavy atom. The second kappa shape index (κ2) is 5.90. The van der Waals surface area contributed by atoms with Crippen molar-refractivity contribution in [2.75, 3.05) is 11.6 Å². The van der Waals surface area contributed by atoms with Crippen LogP contribution in [0.5, 0.6) is 0 Å². The van der Waals surface area contributed by atoms with Crippen LogP contribution in [-0.2, 0) is 14.9 Å². The number of hydrogen-bond donors (Lipinski definition) is 1. The molecule has 6 heteroatoms. The zero-order valence-electron chi connectivity index (χ0n) is 8.04. The molecule has 0 aromatic rings. The SMILES string of the molecule is O=S(=O)(CCCCl)NOC1CCCC1. The van der Waals surface area contributed by atoms with Crippen molar-refractivity contribution >= 4 is 21.6 Å². The van der Waals surface area contributed by atoms with E-state index < -0.39 is 10.0 Å². The van der Waals surface area contributed by atoms with Crippen molar-refractivity contribution in [1.29, 1.82) is 0 Å². The Bertz CT molecular complexity index is 249. The van der Waals surface area contributed by atoms with Gasteiger partial charge in [0.15, 0.2) is 0 Å². The summed E-state index contributed by atoms with van der Waals surface area (Å²) in [7, 11) is -3.29. The Hall–Kier alpha value is 0.160. The molecule has 14 heavy (non-hydrogen) atoms. The van der Waals surface area contributed by atoms with E-state index in [0.29, 0.717) is 12.3 Å². The van der Waals surface area contributed by atoms with Gasteiger partial charge in [-0.25, -0.2) is 8.42 Å². The molecule has 1 aliphatic carbocycles. The second-order valence-corrected chi connectivity index (χ2v) is 5.65. The van der Waals surface area contributed by atoms with Crippen LogP contribution in [0.1, 0.15) is 32.1 Å². The molecule has 0 aromatic carbocycles. The number of nitrogens with one attached hydrogen (secondary N) is 1. The third kappa shape index (κ3) is 4.59. The van der Waals surface area contributed by atoms with E-state index in [1.165, 1.54) is 0 Å². The van der Waals surface area contributed by atoms with Gasteiger partial charge in [0.1, 0.15) is 0 Å². The van der Waals surface area contributed by atoms with E-state index in [-0.39, 0.29) is 11.9 Å². The van der Waals surface area contributed by atoms with Crippen molar-refractivity contribution in [2.24, 2.45) is 0 Å². The zero-order chi connectivity index (χ0) is 10.4. The largest absolute Gasteiger partial charge is 0.284 e. The molecular weight excluding hydrogens is 226 g/mol. The van der Waals surface area contributed by atoms with Crippen molar-refractivity contribution in [2.45, 2.75) is 38.2 Å². The molecule has 0 spiro atoms. The molecule has 0 radical (unpaired) electrons. The van der Waals surface area contributed by atoms with Crippen LogP contribution in [-0.4, -0.2) is 26.2 Å². The van der Waals surface area contributed by atoms with Gasteiger partial charge in [0, 0.05) is 5.88 Å². The molecule has 84 valence electrons. The number of hydrogen-bond acceptors (Lipinski definition) is 3. The summed E-state index contributed by atoms with van der Waals surface area (Å²) in [6.45, 7) is 0. The second-order valence-electron chi connectivity index (χ2n) is 3.47. The minimum Gasteiger partial charge on any atom is -0.284 e. The lowest BCUT2D eigenvalue weighted by molar-refractivity contribution is 0.0224. The van der Waals surface area contributed by atoms with E-state index in [1.807, 2.05) is 0 Å². The first kappa shape index (κ1) is 12.2. The molecule has 0 atom stereocenters. The number of rotatable bonds is 6. The minimum atomic E-state index is -3.29. The standard InChI is InChI=1S/C8H16ClNO3S/c9-6-3-7-14(11,12)10-13-8-4-1-2-5-8/h8,10H,1-7H2. The maximum atomic E-state index is 11.3. The Balaban J connectivity index is 2.21. The lowest BCUT2D eigenvalue weighted by Gasteiger charge is -2.11. The highest BCUT2D eigenvalue weighted by atomic mass is 35.5. The molecule has 0 amide bonds. The van der Waals surface area contributed by atoms with Crippen LogP contribution in [0.3, 0.4) is 0 Å². The molecule has 1 N–H and O–H groups in total. The Morgan fingerprint density at radius 2 is 2.00 bits per heavy atom. The van der Waals surface area contributed by atoms with Crippen LogP contribution in [0.4, 0.5) is 0 Å². The van der Waals surface area contributed by atoms with Crippen LogP contribution in [0.2, 0.25) is 0 Å². The molecule has 0 aliphatic heterocycles. The highest BCUT2D eigenvalue weighted by Crippen LogP contribution is 2.20. The van der Waals surface area contributed by atoms with E-state index in [2.05, 4.69) is 4.89 Å². The van der Waals surface area contributed by atoms with Crippen LogP contribution >= 0.6 is 11.6 Å². The van der Waals surface area contributed by atoms with Crippen LogP contribution in [0.15, 0.2) is 0 Å². The van der Waals surface area contributed by atoms with Crippen molar-refractivity contribution in [3.63, 3.8) is 0 Å². The average Bonchev–Trinajstić information content (AvgIpc) is 2.64. The summed E-state index contributed by atoms with van der Waals surface area (Å²) in [5.41, 5.74) is 0. The first-order valence-electron chi connectivity index (χ1n) is 4.85. The Morgan fingerprint density at radius 3 is 2.57 bits per heavy atom. The third-order valence-electron chi connectivity index (χ3n) is 2.19. The van der Waals surface area contributed by atoms with E-state index >= 15 is 0 Å². The van der Waals surface area contributed by atoms with Crippen LogP contribution < -0.4 is 4.89 Å². The summed E-state index contributed by atoms with van der Waals surface area (Å²) in [5.74, 6) is 0.382. The third-order valence-corrected chi connectivity index (χ3v) is 3.63. The van der Waals surface area contributed by atoms with Gasteiger partial charge in [-0.1, -0.05) is 17.7 Å². The molecule has 4 nitrogen and oxygen atoms in total. The van der Waals surface area contributed by atoms with Crippen LogP contribution in [0.25, 0.3) is 0 Å². The smallest absolute Gasteiger partial charge is 0.233 e. The lowest BCUT2D eigenvalue weighted by Crippen LogP contribution is -2.30. The van der Waals surface area contributed by atoms with Gasteiger partial charge in [0.05, 0.1) is 11.9 Å². The van der Waals surface area contributed by atoms with Gasteiger partial charge in [-0.15, -0.1) is 11.6 Å². The maximum Gasteiger partial charge on any atom is 0.233 e. The highest BCUT2D eigenvalue weighted by Gasteiger charge is 2.18. The van der Waals surface area contributed by atoms with Crippen molar-refractivity contribution in [3.8, 4) is 0 Å². The molecule has 0 bridgehead atoms. The molecule has 0 aromatic heterocycles. The summed E-state index contributed by atoms with van der Waals surface area (Å²) in [5, 5.41) is 0. The number of alkyl halides is 1. The summed E-state index contributed by atoms with van der Waals surface area (Å²) < 4.78 is 22.5. The Kier molecular flexibility index (Phi) is 5.15. The average molecular weight is 242 g/mol. The highest BCUT2D eigenvalue weighted by molar-refractivity contribution is 7.89. The molecule has 1 fully saturated rings. The maximum absolute atomic E-state index is 11.3. The number of halogens is 1. The van der Waals surface area contributed by atoms with Crippen molar-refractivity contribution in [1.82, 2.24) is 4.89 Å². The zero-order valence-corrected chi connectivity index (χ0v) is 9.61. The first-order chi connectivity index (χ1) is 6.64. The fraction of sp³-hybridized carbons (Fsp3) is 1.00. The lowest BCUT2D eigenvalue weighted by atomic mass is 10.3. The summed E-state index contributed by atoms with van der Waals surface area (Å²) >= 11 is 5.40. The molecule has 1 rings (SSSR count). The van der Waals surface area contributed by atoms with E-state index in [1.54, 1.807) is 0 Å². The van der Waals surface area contributed by atoms with E-state index in [4.69, 9.17) is 16.4 Å². The topological polar surface area (TPSA) is 55.4 Å². The molecule has 1 aliphatic rings. The predicted octanol–water partition coefficient (Wildman–Crippen LogP) is 1.41.